The Bertz CT molecular complexity index is 579. The maximum Gasteiger partial charge on any atom is 0.269 e. The van der Waals surface area contributed by atoms with Crippen molar-refractivity contribution in [2.24, 2.45) is 0 Å². The third-order valence-corrected chi connectivity index (χ3v) is 3.04. The van der Waals surface area contributed by atoms with Crippen molar-refractivity contribution in [3.8, 4) is 11.4 Å². The molecule has 98 valence electrons. The quantitative estimate of drug-likeness (QED) is 0.485. The molecule has 0 unspecified atom stereocenters. The fourth-order valence-electron chi connectivity index (χ4n) is 1.51. The highest BCUT2D eigenvalue weighted by Crippen LogP contribution is 2.21. The largest absolute Gasteiger partial charge is 0.269 e. The van der Waals surface area contributed by atoms with Crippen LogP contribution in [0.5, 0.6) is 0 Å². The molecule has 2 rings (SSSR count). The van der Waals surface area contributed by atoms with E-state index in [0.717, 1.165) is 12.0 Å². The molecule has 0 aliphatic heterocycles. The van der Waals surface area contributed by atoms with Gasteiger partial charge in [0.25, 0.3) is 5.69 Å². The third kappa shape index (κ3) is 3.05. The summed E-state index contributed by atoms with van der Waals surface area (Å²) in [5, 5.41) is 11.3. The van der Waals surface area contributed by atoms with Crippen molar-refractivity contribution in [1.82, 2.24) is 15.0 Å². The first-order chi connectivity index (χ1) is 9.13. The van der Waals surface area contributed by atoms with Gasteiger partial charge < -0.3 is 0 Å². The number of aryl methyl sites for hydroxylation is 1. The molecule has 6 nitrogen and oxygen atoms in total. The molecule has 1 aromatic heterocycles. The van der Waals surface area contributed by atoms with Crippen LogP contribution in [0.25, 0.3) is 11.4 Å². The van der Waals surface area contributed by atoms with E-state index < -0.39 is 4.92 Å². The Morgan fingerprint density at radius 2 is 1.89 bits per heavy atom. The van der Waals surface area contributed by atoms with Gasteiger partial charge in [0, 0.05) is 24.1 Å². The minimum absolute atomic E-state index is 0.0543. The zero-order valence-electron chi connectivity index (χ0n) is 10.5. The Balaban J connectivity index is 2.42. The minimum Gasteiger partial charge on any atom is -0.258 e. The topological polar surface area (TPSA) is 81.8 Å². The van der Waals surface area contributed by atoms with E-state index in [0.29, 0.717) is 16.8 Å². The van der Waals surface area contributed by atoms with Crippen LogP contribution >= 0.6 is 11.8 Å². The van der Waals surface area contributed by atoms with Crippen molar-refractivity contribution in [1.29, 1.82) is 0 Å². The summed E-state index contributed by atoms with van der Waals surface area (Å²) >= 11 is 1.44. The van der Waals surface area contributed by atoms with Gasteiger partial charge in [-0.25, -0.2) is 15.0 Å². The summed E-state index contributed by atoms with van der Waals surface area (Å²) in [6.07, 6.45) is 2.62. The number of nitrogens with zero attached hydrogens (tertiary/aromatic N) is 4. The second kappa shape index (κ2) is 5.75. The summed E-state index contributed by atoms with van der Waals surface area (Å²) in [5.41, 5.74) is 0.802. The lowest BCUT2D eigenvalue weighted by Crippen LogP contribution is -2.01. The molecule has 0 bridgehead atoms. The first-order valence-electron chi connectivity index (χ1n) is 5.67. The Morgan fingerprint density at radius 3 is 2.42 bits per heavy atom. The predicted octanol–water partition coefficient (Wildman–Crippen LogP) is 2.73. The summed E-state index contributed by atoms with van der Waals surface area (Å²) in [4.78, 5) is 23.1. The fraction of sp³-hybridized carbons (Fsp3) is 0.250. The van der Waals surface area contributed by atoms with Crippen molar-refractivity contribution < 1.29 is 4.92 Å². The standard InChI is InChI=1S/C12H12N4O2S/c1-3-10-13-11(15-12(14-10)19-2)8-4-6-9(7-5-8)16(17)18/h4-7H,3H2,1-2H3. The third-order valence-electron chi connectivity index (χ3n) is 2.50. The van der Waals surface area contributed by atoms with Gasteiger partial charge in [-0.1, -0.05) is 18.7 Å². The van der Waals surface area contributed by atoms with Crippen LogP contribution in [0, 0.1) is 10.1 Å². The predicted molar refractivity (Wildman–Crippen MR) is 73.1 cm³/mol. The lowest BCUT2D eigenvalue weighted by molar-refractivity contribution is -0.384. The van der Waals surface area contributed by atoms with Crippen molar-refractivity contribution >= 4 is 17.4 Å². The Kier molecular flexibility index (Phi) is 4.06. The molecule has 7 heteroatoms. The van der Waals surface area contributed by atoms with Crippen LogP contribution in [0.3, 0.4) is 0 Å². The number of non-ortho nitro benzene ring substituents is 1. The number of aromatic nitrogens is 3. The van der Waals surface area contributed by atoms with Gasteiger partial charge >= 0.3 is 0 Å². The molecule has 0 aliphatic rings. The number of benzene rings is 1. The highest BCUT2D eigenvalue weighted by Gasteiger charge is 2.09. The highest BCUT2D eigenvalue weighted by molar-refractivity contribution is 7.98. The normalized spacial score (nSPS) is 10.4. The van der Waals surface area contributed by atoms with Gasteiger partial charge in [0.2, 0.25) is 0 Å². The van der Waals surface area contributed by atoms with E-state index in [2.05, 4.69) is 15.0 Å². The van der Waals surface area contributed by atoms with Crippen molar-refractivity contribution in [2.75, 3.05) is 6.26 Å². The van der Waals surface area contributed by atoms with Crippen LogP contribution in [0.15, 0.2) is 29.4 Å². The second-order valence-electron chi connectivity index (χ2n) is 3.72. The van der Waals surface area contributed by atoms with Gasteiger partial charge in [0.1, 0.15) is 5.82 Å². The number of thioether (sulfide) groups is 1. The van der Waals surface area contributed by atoms with Gasteiger partial charge in [-0.05, 0) is 18.4 Å². The lowest BCUT2D eigenvalue weighted by Gasteiger charge is -2.04. The summed E-state index contributed by atoms with van der Waals surface area (Å²) < 4.78 is 0. The van der Waals surface area contributed by atoms with Crippen LogP contribution in [-0.4, -0.2) is 26.1 Å². The molecular weight excluding hydrogens is 264 g/mol. The van der Waals surface area contributed by atoms with E-state index in [1.807, 2.05) is 13.2 Å². The van der Waals surface area contributed by atoms with Gasteiger partial charge in [-0.15, -0.1) is 0 Å². The first kappa shape index (κ1) is 13.4. The number of rotatable bonds is 4. The molecule has 0 fully saturated rings. The molecule has 0 aliphatic carbocycles. The smallest absolute Gasteiger partial charge is 0.258 e. The lowest BCUT2D eigenvalue weighted by atomic mass is 10.2. The Labute approximate surface area is 114 Å². The second-order valence-corrected chi connectivity index (χ2v) is 4.49. The molecule has 0 radical (unpaired) electrons. The average molecular weight is 276 g/mol. The van der Waals surface area contributed by atoms with E-state index in [9.17, 15) is 10.1 Å². The highest BCUT2D eigenvalue weighted by atomic mass is 32.2. The number of hydrogen-bond donors (Lipinski definition) is 0. The van der Waals surface area contributed by atoms with Crippen LogP contribution < -0.4 is 0 Å². The molecule has 0 atom stereocenters. The first-order valence-corrected chi connectivity index (χ1v) is 6.90. The van der Waals surface area contributed by atoms with Crippen LogP contribution in [0.2, 0.25) is 0 Å². The van der Waals surface area contributed by atoms with E-state index in [1.165, 1.54) is 23.9 Å². The monoisotopic (exact) mass is 276 g/mol. The summed E-state index contributed by atoms with van der Waals surface area (Å²) in [5.74, 6) is 1.26. The van der Waals surface area contributed by atoms with E-state index in [1.54, 1.807) is 12.1 Å². The molecule has 0 saturated heterocycles. The minimum atomic E-state index is -0.429. The van der Waals surface area contributed by atoms with Crippen LogP contribution in [-0.2, 0) is 6.42 Å². The molecule has 19 heavy (non-hydrogen) atoms. The Hall–Kier alpha value is -2.02. The van der Waals surface area contributed by atoms with Gasteiger partial charge in [0.15, 0.2) is 11.0 Å². The van der Waals surface area contributed by atoms with Crippen LogP contribution in [0.4, 0.5) is 5.69 Å². The molecular formula is C12H12N4O2S. The molecule has 1 aromatic carbocycles. The molecule has 0 spiro atoms. The van der Waals surface area contributed by atoms with Crippen LogP contribution in [0.1, 0.15) is 12.7 Å². The average Bonchev–Trinajstić information content (AvgIpc) is 2.46. The molecule has 1 heterocycles. The van der Waals surface area contributed by atoms with E-state index >= 15 is 0 Å². The number of nitro groups is 1. The van der Waals surface area contributed by atoms with Gasteiger partial charge in [-0.3, -0.25) is 10.1 Å². The number of hydrogen-bond acceptors (Lipinski definition) is 6. The molecule has 0 saturated carbocycles. The maximum atomic E-state index is 10.6. The molecule has 0 N–H and O–H groups in total. The maximum absolute atomic E-state index is 10.6. The zero-order valence-corrected chi connectivity index (χ0v) is 11.3. The van der Waals surface area contributed by atoms with Gasteiger partial charge in [0.05, 0.1) is 4.92 Å². The summed E-state index contributed by atoms with van der Waals surface area (Å²) in [6, 6.07) is 6.20. The van der Waals surface area contributed by atoms with Crippen molar-refractivity contribution in [2.45, 2.75) is 18.5 Å². The SMILES string of the molecule is CCc1nc(SC)nc(-c2ccc([N+](=O)[O-])cc2)n1. The van der Waals surface area contributed by atoms with E-state index in [-0.39, 0.29) is 5.69 Å². The fourth-order valence-corrected chi connectivity index (χ4v) is 1.88. The molecule has 2 aromatic rings. The Morgan fingerprint density at radius 1 is 1.21 bits per heavy atom. The van der Waals surface area contributed by atoms with Crippen molar-refractivity contribution in [3.05, 3.63) is 40.2 Å². The summed E-state index contributed by atoms with van der Waals surface area (Å²) in [7, 11) is 0. The van der Waals surface area contributed by atoms with Gasteiger partial charge in [-0.2, -0.15) is 0 Å². The zero-order chi connectivity index (χ0) is 13.8. The summed E-state index contributed by atoms with van der Waals surface area (Å²) in [6.45, 7) is 1.97. The van der Waals surface area contributed by atoms with E-state index in [4.69, 9.17) is 0 Å². The number of nitro benzene ring substituents is 1. The molecule has 0 amide bonds. The van der Waals surface area contributed by atoms with Crippen molar-refractivity contribution in [3.63, 3.8) is 0 Å².